The molecular formula is C19H19N3O3S. The van der Waals surface area contributed by atoms with Gasteiger partial charge in [-0.2, -0.15) is 9.57 Å². The summed E-state index contributed by atoms with van der Waals surface area (Å²) in [4.78, 5) is 15.8. The second-order valence-corrected chi connectivity index (χ2v) is 8.22. The van der Waals surface area contributed by atoms with Crippen LogP contribution in [0.25, 0.3) is 11.3 Å². The number of nitrogens with zero attached hydrogens (tertiary/aromatic N) is 3. The van der Waals surface area contributed by atoms with Gasteiger partial charge in [-0.05, 0) is 44.0 Å². The normalized spacial score (nSPS) is 16.2. The maximum Gasteiger partial charge on any atom is 0.260 e. The summed E-state index contributed by atoms with van der Waals surface area (Å²) in [6, 6.07) is 13.8. The highest BCUT2D eigenvalue weighted by molar-refractivity contribution is 7.89. The SMILES string of the molecule is CC(=O)C1CCN(S(=O)(=O)c2cccc(-c3ccc(C#N)cc3)n2)CC1. The van der Waals surface area contributed by atoms with Crippen molar-refractivity contribution in [3.63, 3.8) is 0 Å². The van der Waals surface area contributed by atoms with Crippen molar-refractivity contribution in [1.82, 2.24) is 9.29 Å². The Hall–Kier alpha value is -2.56. The molecule has 1 aliphatic heterocycles. The highest BCUT2D eigenvalue weighted by Gasteiger charge is 2.31. The standard InChI is InChI=1S/C19H19N3O3S/c1-14(23)16-9-11-22(12-10-16)26(24,25)19-4-2-3-18(21-19)17-7-5-15(13-20)6-8-17/h2-8,16H,9-12H2,1H3. The van der Waals surface area contributed by atoms with Gasteiger partial charge in [0.15, 0.2) is 5.03 Å². The minimum Gasteiger partial charge on any atom is -0.300 e. The van der Waals surface area contributed by atoms with Crippen molar-refractivity contribution < 1.29 is 13.2 Å². The van der Waals surface area contributed by atoms with E-state index in [1.54, 1.807) is 43.3 Å². The van der Waals surface area contributed by atoms with Crippen LogP contribution >= 0.6 is 0 Å². The third kappa shape index (κ3) is 3.66. The lowest BCUT2D eigenvalue weighted by Gasteiger charge is -2.29. The number of hydrogen-bond donors (Lipinski definition) is 0. The number of pyridine rings is 1. The van der Waals surface area contributed by atoms with E-state index >= 15 is 0 Å². The molecule has 0 unspecified atom stereocenters. The molecule has 1 saturated heterocycles. The van der Waals surface area contributed by atoms with Crippen LogP contribution < -0.4 is 0 Å². The van der Waals surface area contributed by atoms with Gasteiger partial charge in [-0.25, -0.2) is 13.4 Å². The fourth-order valence-electron chi connectivity index (χ4n) is 3.07. The second kappa shape index (κ2) is 7.36. The number of carbonyl (C=O) groups is 1. The van der Waals surface area contributed by atoms with Crippen LogP contribution in [0.4, 0.5) is 0 Å². The van der Waals surface area contributed by atoms with Gasteiger partial charge in [0.1, 0.15) is 5.78 Å². The van der Waals surface area contributed by atoms with Crippen LogP contribution in [0.15, 0.2) is 47.5 Å². The number of rotatable bonds is 4. The zero-order valence-corrected chi connectivity index (χ0v) is 15.2. The number of sulfonamides is 1. The van der Waals surface area contributed by atoms with Gasteiger partial charge in [-0.3, -0.25) is 4.79 Å². The van der Waals surface area contributed by atoms with E-state index in [1.165, 1.54) is 10.4 Å². The molecule has 7 heteroatoms. The minimum absolute atomic E-state index is 0.000588. The van der Waals surface area contributed by atoms with Gasteiger partial charge in [0.05, 0.1) is 17.3 Å². The van der Waals surface area contributed by atoms with Gasteiger partial charge in [0, 0.05) is 24.6 Å². The number of nitriles is 1. The van der Waals surface area contributed by atoms with Gasteiger partial charge in [-0.1, -0.05) is 18.2 Å². The molecule has 1 fully saturated rings. The lowest BCUT2D eigenvalue weighted by Crippen LogP contribution is -2.40. The molecule has 2 aromatic rings. The summed E-state index contributed by atoms with van der Waals surface area (Å²) in [6.07, 6.45) is 1.09. The smallest absolute Gasteiger partial charge is 0.260 e. The molecule has 0 spiro atoms. The van der Waals surface area contributed by atoms with E-state index in [0.717, 1.165) is 5.56 Å². The summed E-state index contributed by atoms with van der Waals surface area (Å²) < 4.78 is 27.2. The summed E-state index contributed by atoms with van der Waals surface area (Å²) >= 11 is 0. The van der Waals surface area contributed by atoms with Gasteiger partial charge in [-0.15, -0.1) is 0 Å². The highest BCUT2D eigenvalue weighted by Crippen LogP contribution is 2.25. The monoisotopic (exact) mass is 369 g/mol. The van der Waals surface area contributed by atoms with Crippen molar-refractivity contribution >= 4 is 15.8 Å². The Morgan fingerprint density at radius 3 is 2.38 bits per heavy atom. The molecule has 0 atom stereocenters. The first-order chi connectivity index (χ1) is 12.4. The summed E-state index contributed by atoms with van der Waals surface area (Å²) in [5.41, 5.74) is 1.82. The van der Waals surface area contributed by atoms with Crippen molar-refractivity contribution in [2.45, 2.75) is 24.8 Å². The number of Topliss-reactive ketones (excluding diaryl/α,β-unsaturated/α-hetero) is 1. The van der Waals surface area contributed by atoms with E-state index < -0.39 is 10.0 Å². The number of carbonyl (C=O) groups excluding carboxylic acids is 1. The summed E-state index contributed by atoms with van der Waals surface area (Å²) in [7, 11) is -3.70. The fourth-order valence-corrected chi connectivity index (χ4v) is 4.49. The van der Waals surface area contributed by atoms with E-state index in [1.807, 2.05) is 6.07 Å². The molecule has 0 N–H and O–H groups in total. The molecule has 0 bridgehead atoms. The Morgan fingerprint density at radius 1 is 1.15 bits per heavy atom. The number of hydrogen-bond acceptors (Lipinski definition) is 5. The number of ketones is 1. The third-order valence-electron chi connectivity index (χ3n) is 4.67. The predicted octanol–water partition coefficient (Wildman–Crippen LogP) is 2.61. The number of aromatic nitrogens is 1. The zero-order valence-electron chi connectivity index (χ0n) is 14.4. The first-order valence-electron chi connectivity index (χ1n) is 8.40. The maximum absolute atomic E-state index is 12.9. The lowest BCUT2D eigenvalue weighted by atomic mass is 9.95. The molecule has 0 amide bonds. The summed E-state index contributed by atoms with van der Waals surface area (Å²) in [6.45, 7) is 2.21. The van der Waals surface area contributed by atoms with Crippen molar-refractivity contribution in [1.29, 1.82) is 5.26 Å². The van der Waals surface area contributed by atoms with E-state index in [4.69, 9.17) is 5.26 Å². The molecule has 2 heterocycles. The zero-order chi connectivity index (χ0) is 18.7. The fraction of sp³-hybridized carbons (Fsp3) is 0.316. The molecule has 134 valence electrons. The second-order valence-electron chi connectivity index (χ2n) is 6.34. The van der Waals surface area contributed by atoms with E-state index in [2.05, 4.69) is 4.98 Å². The Bertz CT molecular complexity index is 954. The van der Waals surface area contributed by atoms with Crippen LogP contribution in [0.1, 0.15) is 25.3 Å². The highest BCUT2D eigenvalue weighted by atomic mass is 32.2. The molecular weight excluding hydrogens is 350 g/mol. The molecule has 0 saturated carbocycles. The Morgan fingerprint density at radius 2 is 1.81 bits per heavy atom. The van der Waals surface area contributed by atoms with Gasteiger partial charge in [0.25, 0.3) is 10.0 Å². The summed E-state index contributed by atoms with van der Waals surface area (Å²) in [5, 5.41) is 8.88. The predicted molar refractivity (Wildman–Crippen MR) is 96.6 cm³/mol. The van der Waals surface area contributed by atoms with E-state index in [0.29, 0.717) is 37.2 Å². The first-order valence-corrected chi connectivity index (χ1v) is 9.84. The first kappa shape index (κ1) is 18.2. The van der Waals surface area contributed by atoms with Crippen LogP contribution in [0, 0.1) is 17.2 Å². The van der Waals surface area contributed by atoms with Crippen LogP contribution in [-0.4, -0.2) is 36.6 Å². The van der Waals surface area contributed by atoms with Crippen molar-refractivity contribution in [2.24, 2.45) is 5.92 Å². The molecule has 1 aromatic heterocycles. The molecule has 1 aromatic carbocycles. The van der Waals surface area contributed by atoms with Gasteiger partial charge in [0.2, 0.25) is 0 Å². The molecule has 0 radical (unpaired) electrons. The van der Waals surface area contributed by atoms with Crippen molar-refractivity contribution in [3.8, 4) is 17.3 Å². The van der Waals surface area contributed by atoms with Crippen LogP contribution in [-0.2, 0) is 14.8 Å². The molecule has 3 rings (SSSR count). The van der Waals surface area contributed by atoms with Crippen molar-refractivity contribution in [3.05, 3.63) is 48.0 Å². The van der Waals surface area contributed by atoms with Gasteiger partial charge < -0.3 is 0 Å². The Balaban J connectivity index is 1.85. The average Bonchev–Trinajstić information content (AvgIpc) is 2.68. The number of benzene rings is 1. The summed E-state index contributed by atoms with van der Waals surface area (Å²) in [5.74, 6) is 0.0578. The van der Waals surface area contributed by atoms with Crippen molar-refractivity contribution in [2.75, 3.05) is 13.1 Å². The number of piperidine rings is 1. The maximum atomic E-state index is 12.9. The van der Waals surface area contributed by atoms with Crippen LogP contribution in [0.3, 0.4) is 0 Å². The lowest BCUT2D eigenvalue weighted by molar-refractivity contribution is -0.121. The van der Waals surface area contributed by atoms with Crippen LogP contribution in [0.2, 0.25) is 0 Å². The average molecular weight is 369 g/mol. The molecule has 26 heavy (non-hydrogen) atoms. The Kier molecular flexibility index (Phi) is 5.16. The molecule has 6 nitrogen and oxygen atoms in total. The quantitative estimate of drug-likeness (QED) is 0.826. The Labute approximate surface area is 153 Å². The van der Waals surface area contributed by atoms with Crippen LogP contribution in [0.5, 0.6) is 0 Å². The minimum atomic E-state index is -3.70. The van der Waals surface area contributed by atoms with Gasteiger partial charge >= 0.3 is 0 Å². The van der Waals surface area contributed by atoms with E-state index in [9.17, 15) is 13.2 Å². The largest absolute Gasteiger partial charge is 0.300 e. The topological polar surface area (TPSA) is 91.1 Å². The molecule has 0 aliphatic carbocycles. The third-order valence-corrected chi connectivity index (χ3v) is 6.47. The van der Waals surface area contributed by atoms with E-state index in [-0.39, 0.29) is 16.7 Å². The molecule has 1 aliphatic rings.